The quantitative estimate of drug-likeness (QED) is 0.484. The zero-order valence-electron chi connectivity index (χ0n) is 16.0. The molecule has 2 aromatic carbocycles. The average Bonchev–Trinajstić information content (AvgIpc) is 3.19. The van der Waals surface area contributed by atoms with Gasteiger partial charge in [-0.15, -0.1) is 0 Å². The predicted molar refractivity (Wildman–Crippen MR) is 111 cm³/mol. The van der Waals surface area contributed by atoms with Crippen LogP contribution in [0.4, 0.5) is 5.69 Å². The summed E-state index contributed by atoms with van der Waals surface area (Å²) in [6, 6.07) is 10.5. The van der Waals surface area contributed by atoms with E-state index in [2.05, 4.69) is 10.1 Å². The summed E-state index contributed by atoms with van der Waals surface area (Å²) in [7, 11) is 0. The van der Waals surface area contributed by atoms with Gasteiger partial charge in [0.1, 0.15) is 0 Å². The first-order valence-corrected chi connectivity index (χ1v) is 10.7. The zero-order chi connectivity index (χ0) is 21.0. The van der Waals surface area contributed by atoms with Gasteiger partial charge in [-0.3, -0.25) is 14.6 Å². The number of carbonyl (C=O) groups is 1. The summed E-state index contributed by atoms with van der Waals surface area (Å²) >= 11 is 7.52. The Kier molecular flexibility index (Phi) is 4.44. The maximum absolute atomic E-state index is 13.0. The number of aromatic nitrogens is 3. The van der Waals surface area contributed by atoms with Gasteiger partial charge in [-0.05, 0) is 47.3 Å². The van der Waals surface area contributed by atoms with E-state index in [9.17, 15) is 9.59 Å². The van der Waals surface area contributed by atoms with Crippen molar-refractivity contribution >= 4 is 35.0 Å². The smallest absolute Gasteiger partial charge is 0.325 e. The average molecular weight is 444 g/mol. The van der Waals surface area contributed by atoms with Crippen molar-refractivity contribution in [3.8, 4) is 22.8 Å². The lowest BCUT2D eigenvalue weighted by Crippen LogP contribution is -2.60. The Bertz CT molecular complexity index is 1260. The van der Waals surface area contributed by atoms with Crippen molar-refractivity contribution in [2.24, 2.45) is 0 Å². The lowest BCUT2D eigenvalue weighted by molar-refractivity contribution is -0.763. The van der Waals surface area contributed by atoms with E-state index in [4.69, 9.17) is 21.1 Å². The number of H-pyrrole nitrogens is 1. The van der Waals surface area contributed by atoms with Crippen LogP contribution < -0.4 is 24.6 Å². The molecule has 2 aliphatic rings. The minimum absolute atomic E-state index is 0.138. The third kappa shape index (κ3) is 2.85. The van der Waals surface area contributed by atoms with Crippen molar-refractivity contribution in [2.45, 2.75) is 18.2 Å². The van der Waals surface area contributed by atoms with Crippen molar-refractivity contribution in [3.63, 3.8) is 0 Å². The standard InChI is InChI=1S/C20H15ClN4O4S/c1-10(26)24-14-5-4-12(21)8-13(14)17-18(27)22-20(30-2)23-25(17)19(24)11-3-6-15-16(7-11)29-9-28-15/h3-8,19H,9H2,1-2H3/p+1/t19-/m1/s1. The van der Waals surface area contributed by atoms with E-state index in [0.29, 0.717) is 38.6 Å². The molecule has 0 unspecified atom stereocenters. The minimum atomic E-state index is -0.686. The molecule has 8 nitrogen and oxygen atoms in total. The second-order valence-corrected chi connectivity index (χ2v) is 8.02. The van der Waals surface area contributed by atoms with Crippen LogP contribution >= 0.6 is 23.4 Å². The van der Waals surface area contributed by atoms with Crippen LogP contribution in [-0.4, -0.2) is 29.0 Å². The molecule has 3 heterocycles. The summed E-state index contributed by atoms with van der Waals surface area (Å²) in [5, 5.41) is 5.51. The second-order valence-electron chi connectivity index (χ2n) is 6.79. The molecule has 0 radical (unpaired) electrons. The van der Waals surface area contributed by atoms with E-state index in [1.54, 1.807) is 33.8 Å². The molecule has 152 valence electrons. The van der Waals surface area contributed by atoms with Crippen molar-refractivity contribution < 1.29 is 19.0 Å². The van der Waals surface area contributed by atoms with Gasteiger partial charge in [0, 0.05) is 22.6 Å². The summed E-state index contributed by atoms with van der Waals surface area (Å²) in [6.45, 7) is 1.62. The molecule has 0 spiro atoms. The molecule has 0 saturated heterocycles. The predicted octanol–water partition coefficient (Wildman–Crippen LogP) is 2.74. The highest BCUT2D eigenvalue weighted by Crippen LogP contribution is 2.41. The lowest BCUT2D eigenvalue weighted by Gasteiger charge is -2.31. The zero-order valence-corrected chi connectivity index (χ0v) is 17.6. The Labute approximate surface area is 180 Å². The van der Waals surface area contributed by atoms with Gasteiger partial charge in [0.15, 0.2) is 11.5 Å². The van der Waals surface area contributed by atoms with Gasteiger partial charge in [0.05, 0.1) is 11.3 Å². The number of fused-ring (bicyclic) bond motifs is 4. The number of aromatic amines is 1. The monoisotopic (exact) mass is 443 g/mol. The molecule has 2 aliphatic heterocycles. The van der Waals surface area contributed by atoms with Crippen LogP contribution in [0.15, 0.2) is 46.3 Å². The van der Waals surface area contributed by atoms with Gasteiger partial charge in [0.2, 0.25) is 17.9 Å². The molecule has 5 rings (SSSR count). The Morgan fingerprint density at radius 2 is 2.07 bits per heavy atom. The third-order valence-electron chi connectivity index (χ3n) is 5.04. The van der Waals surface area contributed by atoms with Gasteiger partial charge in [-0.25, -0.2) is 4.90 Å². The lowest BCUT2D eigenvalue weighted by atomic mass is 10.0. The number of nitrogens with zero attached hydrogens (tertiary/aromatic N) is 3. The van der Waals surface area contributed by atoms with Crippen LogP contribution in [0.1, 0.15) is 18.7 Å². The largest absolute Gasteiger partial charge is 0.454 e. The number of rotatable bonds is 2. The molecule has 1 N–H and O–H groups in total. The Hall–Kier alpha value is -3.04. The molecule has 3 aromatic rings. The molecule has 0 saturated carbocycles. The van der Waals surface area contributed by atoms with Gasteiger partial charge in [-0.2, -0.15) is 0 Å². The van der Waals surface area contributed by atoms with E-state index in [0.717, 1.165) is 5.56 Å². The summed E-state index contributed by atoms with van der Waals surface area (Å²) in [5.41, 5.74) is 1.86. The van der Waals surface area contributed by atoms with Crippen molar-refractivity contribution in [1.82, 2.24) is 10.1 Å². The molecule has 0 fully saturated rings. The van der Waals surface area contributed by atoms with E-state index < -0.39 is 6.17 Å². The van der Waals surface area contributed by atoms with Gasteiger partial charge < -0.3 is 9.47 Å². The first-order valence-electron chi connectivity index (χ1n) is 9.07. The number of hydrogen-bond donors (Lipinski definition) is 1. The number of halogens is 1. The highest BCUT2D eigenvalue weighted by atomic mass is 35.5. The SMILES string of the molecule is CSc1n[n+]2c(c(=O)[nH]1)-c1cc(Cl)ccc1N(C(C)=O)[C@H]2c1ccc2c(c1)OCO2. The summed E-state index contributed by atoms with van der Waals surface area (Å²) in [6.07, 6.45) is 1.13. The summed E-state index contributed by atoms with van der Waals surface area (Å²) in [4.78, 5) is 30.2. The normalized spacial score (nSPS) is 16.2. The van der Waals surface area contributed by atoms with E-state index in [-0.39, 0.29) is 18.3 Å². The van der Waals surface area contributed by atoms with Crippen LogP contribution in [0.5, 0.6) is 11.5 Å². The fourth-order valence-corrected chi connectivity index (χ4v) is 4.34. The van der Waals surface area contributed by atoms with Gasteiger partial charge in [-0.1, -0.05) is 23.4 Å². The van der Waals surface area contributed by atoms with Crippen molar-refractivity contribution in [3.05, 3.63) is 57.3 Å². The number of nitrogens with one attached hydrogen (secondary N) is 1. The maximum atomic E-state index is 13.0. The summed E-state index contributed by atoms with van der Waals surface area (Å²) in [5.74, 6) is 1.01. The molecule has 0 aliphatic carbocycles. The molecule has 30 heavy (non-hydrogen) atoms. The van der Waals surface area contributed by atoms with Crippen molar-refractivity contribution in [2.75, 3.05) is 17.9 Å². The summed E-state index contributed by atoms with van der Waals surface area (Å²) < 4.78 is 12.5. The third-order valence-corrected chi connectivity index (χ3v) is 5.85. The van der Waals surface area contributed by atoms with Crippen LogP contribution in [0.3, 0.4) is 0 Å². The highest BCUT2D eigenvalue weighted by molar-refractivity contribution is 7.98. The molecule has 1 amide bonds. The number of carbonyl (C=O) groups excluding carboxylic acids is 1. The number of hydrogen-bond acceptors (Lipinski definition) is 6. The van der Waals surface area contributed by atoms with E-state index in [1.807, 2.05) is 18.4 Å². The topological polar surface area (TPSA) is 88.4 Å². The van der Waals surface area contributed by atoms with Crippen molar-refractivity contribution in [1.29, 1.82) is 0 Å². The molecule has 1 atom stereocenters. The van der Waals surface area contributed by atoms with Crippen LogP contribution in [0, 0.1) is 0 Å². The van der Waals surface area contributed by atoms with E-state index in [1.165, 1.54) is 18.7 Å². The highest BCUT2D eigenvalue weighted by Gasteiger charge is 2.45. The Morgan fingerprint density at radius 1 is 1.27 bits per heavy atom. The molecular weight excluding hydrogens is 428 g/mol. The molecule has 10 heteroatoms. The van der Waals surface area contributed by atoms with E-state index >= 15 is 0 Å². The molecule has 1 aromatic heterocycles. The first-order chi connectivity index (χ1) is 14.5. The van der Waals surface area contributed by atoms with Crippen LogP contribution in [-0.2, 0) is 4.79 Å². The van der Waals surface area contributed by atoms with Crippen LogP contribution in [0.2, 0.25) is 5.02 Å². The maximum Gasteiger partial charge on any atom is 0.325 e. The van der Waals surface area contributed by atoms with Gasteiger partial charge in [0.25, 0.3) is 6.17 Å². The fourth-order valence-electron chi connectivity index (χ4n) is 3.80. The van der Waals surface area contributed by atoms with Crippen LogP contribution in [0.25, 0.3) is 11.3 Å². The second kappa shape index (κ2) is 7.03. The molecular formula is C20H16ClN4O4S+. The first kappa shape index (κ1) is 19.0. The minimum Gasteiger partial charge on any atom is -0.454 e. The number of anilines is 1. The fraction of sp³-hybridized carbons (Fsp3) is 0.200. The number of amides is 1. The number of ether oxygens (including phenoxy) is 2. The Balaban J connectivity index is 1.84. The number of benzene rings is 2. The molecule has 0 bridgehead atoms. The van der Waals surface area contributed by atoms with Gasteiger partial charge >= 0.3 is 11.3 Å². The Morgan fingerprint density at radius 3 is 2.83 bits per heavy atom. The number of thioether (sulfide) groups is 1.